The maximum atomic E-state index is 12.3. The molecule has 1 aromatic heterocycles. The van der Waals surface area contributed by atoms with Crippen LogP contribution in [0.3, 0.4) is 0 Å². The Morgan fingerprint density at radius 1 is 1.36 bits per heavy atom. The molecule has 0 spiro atoms. The Morgan fingerprint density at radius 3 is 2.68 bits per heavy atom. The third-order valence-electron chi connectivity index (χ3n) is 2.92. The number of halogens is 1. The zero-order chi connectivity index (χ0) is 15.9. The van der Waals surface area contributed by atoms with Gasteiger partial charge in [-0.2, -0.15) is 0 Å². The third-order valence-corrected chi connectivity index (χ3v) is 4.02. The van der Waals surface area contributed by atoms with Gasteiger partial charge in [-0.1, -0.05) is 55.8 Å². The number of carbonyl (C=O) groups is 1. The van der Waals surface area contributed by atoms with Gasteiger partial charge in [0.1, 0.15) is 6.61 Å². The van der Waals surface area contributed by atoms with Crippen LogP contribution < -0.4 is 0 Å². The van der Waals surface area contributed by atoms with Crippen LogP contribution in [0.15, 0.2) is 36.5 Å². The quantitative estimate of drug-likeness (QED) is 0.773. The summed E-state index contributed by atoms with van der Waals surface area (Å²) < 4.78 is 5.89. The van der Waals surface area contributed by atoms with Crippen molar-refractivity contribution >= 4 is 29.0 Å². The minimum absolute atomic E-state index is 0.276. The first-order chi connectivity index (χ1) is 10.5. The lowest BCUT2D eigenvalue weighted by Gasteiger charge is -2.23. The topological polar surface area (TPSA) is 42.4 Å². The average Bonchev–Trinajstić information content (AvgIpc) is 2.90. The summed E-state index contributed by atoms with van der Waals surface area (Å²) >= 11 is 7.22. The van der Waals surface area contributed by atoms with E-state index >= 15 is 0 Å². The molecule has 2 rings (SSSR count). The number of rotatable bonds is 6. The van der Waals surface area contributed by atoms with Crippen LogP contribution in [-0.2, 0) is 17.9 Å². The number of hydrogen-bond donors (Lipinski definition) is 0. The Kier molecular flexibility index (Phi) is 6.21. The van der Waals surface area contributed by atoms with Crippen LogP contribution in [0.1, 0.15) is 24.3 Å². The summed E-state index contributed by atoms with van der Waals surface area (Å²) in [5.41, 5.74) is 0.973. The van der Waals surface area contributed by atoms with Gasteiger partial charge in [0.2, 0.25) is 0 Å². The molecule has 22 heavy (non-hydrogen) atoms. The zero-order valence-corrected chi connectivity index (χ0v) is 14.2. The summed E-state index contributed by atoms with van der Waals surface area (Å²) in [7, 11) is 0. The highest BCUT2D eigenvalue weighted by Crippen LogP contribution is 2.20. The van der Waals surface area contributed by atoms with Crippen molar-refractivity contribution in [3.8, 4) is 0 Å². The van der Waals surface area contributed by atoms with Gasteiger partial charge in [0.05, 0.1) is 6.54 Å². The molecule has 1 heterocycles. The van der Waals surface area contributed by atoms with Gasteiger partial charge in [-0.15, -0.1) is 11.3 Å². The van der Waals surface area contributed by atoms with Gasteiger partial charge in [-0.25, -0.2) is 9.78 Å². The highest BCUT2D eigenvalue weighted by Gasteiger charge is 2.18. The normalized spacial score (nSPS) is 10.7. The van der Waals surface area contributed by atoms with Gasteiger partial charge < -0.3 is 9.64 Å². The van der Waals surface area contributed by atoms with E-state index in [1.807, 2.05) is 30.3 Å². The molecule has 2 aromatic rings. The van der Waals surface area contributed by atoms with E-state index in [9.17, 15) is 4.79 Å². The predicted octanol–water partition coefficient (Wildman–Crippen LogP) is 4.59. The van der Waals surface area contributed by atoms with E-state index in [0.717, 1.165) is 10.4 Å². The predicted molar refractivity (Wildman–Crippen MR) is 89.0 cm³/mol. The highest BCUT2D eigenvalue weighted by molar-refractivity contribution is 7.15. The number of ether oxygens (including phenoxy) is 1. The Bertz CT molecular complexity index is 601. The van der Waals surface area contributed by atoms with Crippen LogP contribution in [-0.4, -0.2) is 22.5 Å². The van der Waals surface area contributed by atoms with E-state index in [4.69, 9.17) is 16.3 Å². The lowest BCUT2D eigenvalue weighted by molar-refractivity contribution is 0.0897. The van der Waals surface area contributed by atoms with Crippen molar-refractivity contribution in [2.24, 2.45) is 5.92 Å². The lowest BCUT2D eigenvalue weighted by Crippen LogP contribution is -2.33. The monoisotopic (exact) mass is 338 g/mol. The van der Waals surface area contributed by atoms with Crippen molar-refractivity contribution in [3.63, 3.8) is 0 Å². The smallest absolute Gasteiger partial charge is 0.410 e. The summed E-state index contributed by atoms with van der Waals surface area (Å²) in [6.07, 6.45) is 1.38. The molecule has 0 radical (unpaired) electrons. The molecule has 0 saturated carbocycles. The first-order valence-electron chi connectivity index (χ1n) is 7.10. The van der Waals surface area contributed by atoms with Gasteiger partial charge in [0, 0.05) is 17.6 Å². The Labute approximate surface area is 139 Å². The number of thiazole rings is 1. The van der Waals surface area contributed by atoms with Crippen molar-refractivity contribution < 1.29 is 9.53 Å². The lowest BCUT2D eigenvalue weighted by atomic mass is 10.2. The van der Waals surface area contributed by atoms with E-state index in [1.165, 1.54) is 11.3 Å². The first-order valence-corrected chi connectivity index (χ1v) is 8.30. The van der Waals surface area contributed by atoms with Gasteiger partial charge in [0.25, 0.3) is 0 Å². The molecule has 1 amide bonds. The minimum atomic E-state index is -0.318. The number of aromatic nitrogens is 1. The van der Waals surface area contributed by atoms with Crippen LogP contribution >= 0.6 is 22.9 Å². The molecule has 1 aromatic carbocycles. The SMILES string of the molecule is CC(C)CN(Cc1cnc(Cl)s1)C(=O)OCc1ccccc1. The van der Waals surface area contributed by atoms with E-state index < -0.39 is 0 Å². The Balaban J connectivity index is 1.96. The second kappa shape index (κ2) is 8.15. The van der Waals surface area contributed by atoms with Crippen LogP contribution in [0.25, 0.3) is 0 Å². The van der Waals surface area contributed by atoms with Crippen LogP contribution in [0.2, 0.25) is 4.47 Å². The summed E-state index contributed by atoms with van der Waals surface area (Å²) in [6.45, 7) is 5.51. The Morgan fingerprint density at radius 2 is 2.09 bits per heavy atom. The molecule has 0 aliphatic rings. The van der Waals surface area contributed by atoms with E-state index in [-0.39, 0.29) is 12.7 Å². The van der Waals surface area contributed by atoms with E-state index in [0.29, 0.717) is 23.5 Å². The molecule has 0 aliphatic heterocycles. The second-order valence-corrected chi connectivity index (χ2v) is 7.09. The first kappa shape index (κ1) is 16.8. The number of carbonyl (C=O) groups excluding carboxylic acids is 1. The molecule has 6 heteroatoms. The molecular formula is C16H19ClN2O2S. The van der Waals surface area contributed by atoms with Gasteiger partial charge >= 0.3 is 6.09 Å². The van der Waals surface area contributed by atoms with Gasteiger partial charge in [0.15, 0.2) is 4.47 Å². The van der Waals surface area contributed by atoms with Crippen molar-refractivity contribution in [1.29, 1.82) is 0 Å². The van der Waals surface area contributed by atoms with Crippen LogP contribution in [0, 0.1) is 5.92 Å². The summed E-state index contributed by atoms with van der Waals surface area (Å²) in [5, 5.41) is 0. The van der Waals surface area contributed by atoms with Gasteiger partial charge in [-0.05, 0) is 11.5 Å². The maximum absolute atomic E-state index is 12.3. The van der Waals surface area contributed by atoms with Gasteiger partial charge in [-0.3, -0.25) is 0 Å². The van der Waals surface area contributed by atoms with Crippen molar-refractivity contribution in [2.45, 2.75) is 27.0 Å². The van der Waals surface area contributed by atoms with Crippen molar-refractivity contribution in [3.05, 3.63) is 51.4 Å². The standard InChI is InChI=1S/C16H19ClN2O2S/c1-12(2)9-19(10-14-8-18-15(17)22-14)16(20)21-11-13-6-4-3-5-7-13/h3-8,12H,9-11H2,1-2H3. The summed E-state index contributed by atoms with van der Waals surface area (Å²) in [5.74, 6) is 0.354. The fourth-order valence-electron chi connectivity index (χ4n) is 2.00. The number of nitrogens with zero attached hydrogens (tertiary/aromatic N) is 2. The fraction of sp³-hybridized carbons (Fsp3) is 0.375. The number of benzene rings is 1. The fourth-order valence-corrected chi connectivity index (χ4v) is 2.99. The Hall–Kier alpha value is -1.59. The molecule has 4 nitrogen and oxygen atoms in total. The highest BCUT2D eigenvalue weighted by atomic mass is 35.5. The van der Waals surface area contributed by atoms with E-state index in [2.05, 4.69) is 18.8 Å². The van der Waals surface area contributed by atoms with Crippen LogP contribution in [0.4, 0.5) is 4.79 Å². The molecule has 0 bridgehead atoms. The largest absolute Gasteiger partial charge is 0.445 e. The number of amides is 1. The molecule has 118 valence electrons. The average molecular weight is 339 g/mol. The molecule has 0 aliphatic carbocycles. The zero-order valence-electron chi connectivity index (χ0n) is 12.7. The molecule has 0 saturated heterocycles. The summed E-state index contributed by atoms with van der Waals surface area (Å²) in [4.78, 5) is 19.0. The molecular weight excluding hydrogens is 320 g/mol. The molecule has 0 unspecified atom stereocenters. The molecule has 0 fully saturated rings. The molecule has 0 N–H and O–H groups in total. The third kappa shape index (κ3) is 5.31. The van der Waals surface area contributed by atoms with Crippen molar-refractivity contribution in [2.75, 3.05) is 6.54 Å². The summed E-state index contributed by atoms with van der Waals surface area (Å²) in [6, 6.07) is 9.65. The minimum Gasteiger partial charge on any atom is -0.445 e. The number of hydrogen-bond acceptors (Lipinski definition) is 4. The molecule has 0 atom stereocenters. The van der Waals surface area contributed by atoms with E-state index in [1.54, 1.807) is 11.1 Å². The maximum Gasteiger partial charge on any atom is 0.410 e. The second-order valence-electron chi connectivity index (χ2n) is 5.39. The van der Waals surface area contributed by atoms with Crippen molar-refractivity contribution in [1.82, 2.24) is 9.88 Å². The van der Waals surface area contributed by atoms with Crippen LogP contribution in [0.5, 0.6) is 0 Å².